The summed E-state index contributed by atoms with van der Waals surface area (Å²) >= 11 is 0. The molecule has 0 amide bonds. The number of carbonyl (C=O) groups is 1. The van der Waals surface area contributed by atoms with E-state index in [0.717, 1.165) is 5.56 Å². The Kier molecular flexibility index (Phi) is 5.30. The molecule has 0 fully saturated rings. The molecular weight excluding hydrogens is 359 g/mol. The molecule has 1 heterocycles. The van der Waals surface area contributed by atoms with Gasteiger partial charge in [-0.3, -0.25) is 4.79 Å². The fourth-order valence-electron chi connectivity index (χ4n) is 2.92. The zero-order chi connectivity index (χ0) is 19.6. The van der Waals surface area contributed by atoms with Crippen molar-refractivity contribution in [2.24, 2.45) is 0 Å². The number of aromatic amines is 1. The highest BCUT2D eigenvalue weighted by molar-refractivity contribution is 5.95. The first-order valence-corrected chi connectivity index (χ1v) is 8.37. The van der Waals surface area contributed by atoms with Crippen LogP contribution < -0.4 is 5.43 Å². The maximum absolute atomic E-state index is 14.1. The Balaban J connectivity index is 2.17. The molecular formula is C20H16F3NO3. The second-order valence-electron chi connectivity index (χ2n) is 5.92. The molecule has 2 aromatic carbocycles. The van der Waals surface area contributed by atoms with Gasteiger partial charge in [0.15, 0.2) is 17.5 Å². The summed E-state index contributed by atoms with van der Waals surface area (Å²) in [7, 11) is 0. The van der Waals surface area contributed by atoms with Crippen molar-refractivity contribution in [1.82, 2.24) is 4.98 Å². The zero-order valence-corrected chi connectivity index (χ0v) is 14.4. The molecule has 0 aliphatic rings. The molecule has 4 nitrogen and oxygen atoms in total. The van der Waals surface area contributed by atoms with Crippen molar-refractivity contribution in [3.63, 3.8) is 0 Å². The maximum Gasteiger partial charge on any atom is 0.343 e. The highest BCUT2D eigenvalue weighted by Gasteiger charge is 2.24. The molecule has 1 aromatic heterocycles. The first-order chi connectivity index (χ1) is 12.9. The summed E-state index contributed by atoms with van der Waals surface area (Å²) in [6.07, 6.45) is 0.699. The van der Waals surface area contributed by atoms with Crippen LogP contribution in [-0.4, -0.2) is 17.6 Å². The Morgan fingerprint density at radius 3 is 2.44 bits per heavy atom. The summed E-state index contributed by atoms with van der Waals surface area (Å²) in [5.74, 6) is -5.76. The fraction of sp³-hybridized carbons (Fsp3) is 0.200. The summed E-state index contributed by atoms with van der Waals surface area (Å²) in [6, 6.07) is 9.99. The predicted molar refractivity (Wildman–Crippen MR) is 94.2 cm³/mol. The number of nitrogens with one attached hydrogen (secondary N) is 1. The van der Waals surface area contributed by atoms with Crippen LogP contribution in [0.15, 0.2) is 41.2 Å². The van der Waals surface area contributed by atoms with Gasteiger partial charge in [0.1, 0.15) is 5.56 Å². The van der Waals surface area contributed by atoms with Crippen molar-refractivity contribution >= 4 is 16.9 Å². The van der Waals surface area contributed by atoms with E-state index >= 15 is 0 Å². The van der Waals surface area contributed by atoms with Crippen LogP contribution in [0.4, 0.5) is 13.2 Å². The van der Waals surface area contributed by atoms with Gasteiger partial charge in [-0.05, 0) is 25.3 Å². The highest BCUT2D eigenvalue weighted by atomic mass is 19.2. The summed E-state index contributed by atoms with van der Waals surface area (Å²) in [5.41, 5.74) is -0.510. The standard InChI is InChI=1S/C20H16F3NO3/c1-2-27-20(26)16-13(9-8-11-6-4-3-5-7-11)24-14-10-12(21)17(22)18(23)15(14)19(16)25/h3-7,10H,2,8-9H2,1H3,(H,24,25). The summed E-state index contributed by atoms with van der Waals surface area (Å²) in [6.45, 7) is 1.57. The number of hydrogen-bond acceptors (Lipinski definition) is 3. The minimum absolute atomic E-state index is 0.00863. The van der Waals surface area contributed by atoms with Gasteiger partial charge in [-0.15, -0.1) is 0 Å². The van der Waals surface area contributed by atoms with E-state index in [2.05, 4.69) is 4.98 Å². The van der Waals surface area contributed by atoms with Crippen LogP contribution in [0.1, 0.15) is 28.5 Å². The summed E-state index contributed by atoms with van der Waals surface area (Å²) in [5, 5.41) is -0.708. The van der Waals surface area contributed by atoms with Gasteiger partial charge < -0.3 is 9.72 Å². The lowest BCUT2D eigenvalue weighted by atomic mass is 10.0. The number of hydrogen-bond donors (Lipinski definition) is 1. The van der Waals surface area contributed by atoms with E-state index in [-0.39, 0.29) is 24.2 Å². The third kappa shape index (κ3) is 3.58. The molecule has 0 radical (unpaired) electrons. The average molecular weight is 375 g/mol. The van der Waals surface area contributed by atoms with E-state index < -0.39 is 39.8 Å². The van der Waals surface area contributed by atoms with Crippen LogP contribution >= 0.6 is 0 Å². The SMILES string of the molecule is CCOC(=O)c1c(CCc2ccccc2)[nH]c2cc(F)c(F)c(F)c2c1=O. The number of benzene rings is 2. The van der Waals surface area contributed by atoms with Gasteiger partial charge in [-0.1, -0.05) is 30.3 Å². The maximum atomic E-state index is 14.1. The van der Waals surface area contributed by atoms with Gasteiger partial charge in [0.05, 0.1) is 17.5 Å². The Hall–Kier alpha value is -3.09. The predicted octanol–water partition coefficient (Wildman–Crippen LogP) is 3.91. The third-order valence-corrected chi connectivity index (χ3v) is 4.19. The Morgan fingerprint density at radius 2 is 1.78 bits per heavy atom. The Bertz CT molecular complexity index is 1060. The second-order valence-corrected chi connectivity index (χ2v) is 5.92. The highest BCUT2D eigenvalue weighted by Crippen LogP contribution is 2.22. The molecule has 0 unspecified atom stereocenters. The van der Waals surface area contributed by atoms with E-state index in [4.69, 9.17) is 4.74 Å². The van der Waals surface area contributed by atoms with Crippen LogP contribution in [0.3, 0.4) is 0 Å². The van der Waals surface area contributed by atoms with E-state index in [1.165, 1.54) is 0 Å². The molecule has 0 aliphatic heterocycles. The fourth-order valence-corrected chi connectivity index (χ4v) is 2.92. The van der Waals surface area contributed by atoms with Gasteiger partial charge in [0.25, 0.3) is 0 Å². The van der Waals surface area contributed by atoms with Crippen LogP contribution in [0.5, 0.6) is 0 Å². The third-order valence-electron chi connectivity index (χ3n) is 4.19. The van der Waals surface area contributed by atoms with E-state index in [9.17, 15) is 22.8 Å². The number of fused-ring (bicyclic) bond motifs is 1. The van der Waals surface area contributed by atoms with Crippen molar-refractivity contribution in [3.05, 3.63) is 80.9 Å². The molecule has 7 heteroatoms. The molecule has 0 bridgehead atoms. The Labute approximate surface area is 152 Å². The number of esters is 1. The number of ether oxygens (including phenoxy) is 1. The number of aryl methyl sites for hydroxylation is 2. The van der Waals surface area contributed by atoms with Gasteiger partial charge >= 0.3 is 5.97 Å². The second kappa shape index (κ2) is 7.65. The van der Waals surface area contributed by atoms with Crippen molar-refractivity contribution in [2.75, 3.05) is 6.61 Å². The molecule has 1 N–H and O–H groups in total. The van der Waals surface area contributed by atoms with Gasteiger partial charge in [-0.2, -0.15) is 0 Å². The molecule has 0 saturated heterocycles. The number of aromatic nitrogens is 1. The smallest absolute Gasteiger partial charge is 0.343 e. The molecule has 0 saturated carbocycles. The molecule has 3 rings (SSSR count). The van der Waals surface area contributed by atoms with Crippen molar-refractivity contribution < 1.29 is 22.7 Å². The minimum atomic E-state index is -1.76. The number of halogens is 3. The van der Waals surface area contributed by atoms with Crippen LogP contribution in [0.2, 0.25) is 0 Å². The van der Waals surface area contributed by atoms with Crippen molar-refractivity contribution in [3.8, 4) is 0 Å². The van der Waals surface area contributed by atoms with E-state index in [1.807, 2.05) is 30.3 Å². The Morgan fingerprint density at radius 1 is 1.07 bits per heavy atom. The van der Waals surface area contributed by atoms with Crippen LogP contribution in [0.25, 0.3) is 10.9 Å². The van der Waals surface area contributed by atoms with Crippen molar-refractivity contribution in [1.29, 1.82) is 0 Å². The number of pyridine rings is 1. The number of H-pyrrole nitrogens is 1. The zero-order valence-electron chi connectivity index (χ0n) is 14.4. The molecule has 3 aromatic rings. The van der Waals surface area contributed by atoms with Crippen LogP contribution in [-0.2, 0) is 17.6 Å². The topological polar surface area (TPSA) is 59.2 Å². The molecule has 0 spiro atoms. The first-order valence-electron chi connectivity index (χ1n) is 8.37. The molecule has 27 heavy (non-hydrogen) atoms. The van der Waals surface area contributed by atoms with Crippen molar-refractivity contribution in [2.45, 2.75) is 19.8 Å². The lowest BCUT2D eigenvalue weighted by molar-refractivity contribution is 0.0523. The summed E-state index contributed by atoms with van der Waals surface area (Å²) in [4.78, 5) is 27.7. The molecule has 0 atom stereocenters. The minimum Gasteiger partial charge on any atom is -0.462 e. The van der Waals surface area contributed by atoms with Gasteiger partial charge in [0, 0.05) is 11.8 Å². The average Bonchev–Trinajstić information content (AvgIpc) is 2.65. The normalized spacial score (nSPS) is 11.0. The monoisotopic (exact) mass is 375 g/mol. The number of rotatable bonds is 5. The lowest BCUT2D eigenvalue weighted by Crippen LogP contribution is -2.23. The molecule has 0 aliphatic carbocycles. The summed E-state index contributed by atoms with van der Waals surface area (Å²) < 4.78 is 46.2. The van der Waals surface area contributed by atoms with E-state index in [0.29, 0.717) is 12.5 Å². The molecule has 140 valence electrons. The first kappa shape index (κ1) is 18.7. The van der Waals surface area contributed by atoms with Gasteiger partial charge in [0.2, 0.25) is 5.43 Å². The largest absolute Gasteiger partial charge is 0.462 e. The quantitative estimate of drug-likeness (QED) is 0.543. The van der Waals surface area contributed by atoms with Crippen LogP contribution in [0, 0.1) is 17.5 Å². The van der Waals surface area contributed by atoms with E-state index in [1.54, 1.807) is 6.92 Å². The lowest BCUT2D eigenvalue weighted by Gasteiger charge is -2.12. The number of carbonyl (C=O) groups excluding carboxylic acids is 1. The van der Waals surface area contributed by atoms with Gasteiger partial charge in [-0.25, -0.2) is 18.0 Å².